The lowest BCUT2D eigenvalue weighted by atomic mass is 10.1. The molecule has 0 aliphatic rings. The summed E-state index contributed by atoms with van der Waals surface area (Å²) in [7, 11) is 0. The molecule has 0 fully saturated rings. The predicted octanol–water partition coefficient (Wildman–Crippen LogP) is 3.46. The summed E-state index contributed by atoms with van der Waals surface area (Å²) in [5, 5.41) is 8.57. The van der Waals surface area contributed by atoms with Crippen molar-refractivity contribution in [1.29, 1.82) is 0 Å². The Labute approximate surface area is 109 Å². The Morgan fingerprint density at radius 1 is 1.22 bits per heavy atom. The molecule has 0 amide bonds. The lowest BCUT2D eigenvalue weighted by Gasteiger charge is -2.08. The quantitative estimate of drug-likeness (QED) is 0.765. The van der Waals surface area contributed by atoms with Crippen LogP contribution in [-0.2, 0) is 0 Å². The predicted molar refractivity (Wildman–Crippen MR) is 74.8 cm³/mol. The molecule has 0 aliphatic heterocycles. The molecule has 1 aromatic carbocycles. The normalized spacial score (nSPS) is 11.1. The number of hydrogen-bond donors (Lipinski definition) is 1. The Morgan fingerprint density at radius 2 is 2.06 bits per heavy atom. The van der Waals surface area contributed by atoms with Crippen LogP contribution in [0.2, 0.25) is 0 Å². The molecule has 0 radical (unpaired) electrons. The van der Waals surface area contributed by atoms with E-state index in [2.05, 4.69) is 41.4 Å². The van der Waals surface area contributed by atoms with E-state index in [1.165, 1.54) is 22.7 Å². The van der Waals surface area contributed by atoms with Crippen molar-refractivity contribution >= 4 is 28.0 Å². The number of rotatable bonds is 2. The van der Waals surface area contributed by atoms with Crippen molar-refractivity contribution in [2.24, 2.45) is 0 Å². The average molecular weight is 258 g/mol. The summed E-state index contributed by atoms with van der Waals surface area (Å²) in [6.07, 6.45) is 0. The number of fused-ring (bicyclic) bond motifs is 1. The number of benzene rings is 1. The van der Waals surface area contributed by atoms with Crippen LogP contribution in [0.1, 0.15) is 16.8 Å². The first-order valence-corrected chi connectivity index (χ1v) is 6.58. The van der Waals surface area contributed by atoms with Crippen LogP contribution in [0.3, 0.4) is 0 Å². The van der Waals surface area contributed by atoms with Crippen LogP contribution in [0, 0.1) is 20.8 Å². The second-order valence-corrected chi connectivity index (χ2v) is 5.31. The van der Waals surface area contributed by atoms with Crippen LogP contribution in [0.15, 0.2) is 24.3 Å². The summed E-state index contributed by atoms with van der Waals surface area (Å²) in [6.45, 7) is 6.19. The van der Waals surface area contributed by atoms with Crippen molar-refractivity contribution in [2.45, 2.75) is 20.8 Å². The van der Waals surface area contributed by atoms with Gasteiger partial charge in [-0.1, -0.05) is 12.1 Å². The molecule has 18 heavy (non-hydrogen) atoms. The number of nitrogens with one attached hydrogen (secondary N) is 1. The van der Waals surface area contributed by atoms with Crippen molar-refractivity contribution < 1.29 is 0 Å². The molecule has 2 aromatic heterocycles. The summed E-state index contributed by atoms with van der Waals surface area (Å²) in [4.78, 5) is 4.51. The molecule has 1 N–H and O–H groups in total. The van der Waals surface area contributed by atoms with Crippen LogP contribution in [0.4, 0.5) is 10.8 Å². The first kappa shape index (κ1) is 11.2. The van der Waals surface area contributed by atoms with Crippen molar-refractivity contribution in [1.82, 2.24) is 14.0 Å². The molecule has 2 heterocycles. The standard InChI is InChI=1S/C13H14N4S/c1-8-5-4-6-11(10(8)3)14-13-15-12-7-9(2)16-17(12)18-13/h4-7H,1-3H3,(H,14,15). The average Bonchev–Trinajstić information content (AvgIpc) is 2.81. The summed E-state index contributed by atoms with van der Waals surface area (Å²) < 4.78 is 1.84. The molecule has 3 rings (SSSR count). The molecule has 0 spiro atoms. The fourth-order valence-electron chi connectivity index (χ4n) is 1.87. The molecular formula is C13H14N4S. The second-order valence-electron chi connectivity index (χ2n) is 4.40. The molecule has 92 valence electrons. The maximum absolute atomic E-state index is 4.51. The van der Waals surface area contributed by atoms with Crippen LogP contribution in [0.25, 0.3) is 5.65 Å². The number of nitrogens with zero attached hydrogens (tertiary/aromatic N) is 3. The van der Waals surface area contributed by atoms with Gasteiger partial charge < -0.3 is 5.32 Å². The van der Waals surface area contributed by atoms with Gasteiger partial charge in [0.1, 0.15) is 0 Å². The van der Waals surface area contributed by atoms with E-state index >= 15 is 0 Å². The largest absolute Gasteiger partial charge is 0.330 e. The summed E-state index contributed by atoms with van der Waals surface area (Å²) in [5.41, 5.74) is 5.51. The van der Waals surface area contributed by atoms with Crippen LogP contribution >= 0.6 is 11.5 Å². The Balaban J connectivity index is 1.96. The van der Waals surface area contributed by atoms with E-state index in [4.69, 9.17) is 0 Å². The van der Waals surface area contributed by atoms with Gasteiger partial charge in [0.2, 0.25) is 5.13 Å². The monoisotopic (exact) mass is 258 g/mol. The minimum atomic E-state index is 0.867. The van der Waals surface area contributed by atoms with Crippen LogP contribution in [0.5, 0.6) is 0 Å². The fraction of sp³-hybridized carbons (Fsp3) is 0.231. The molecule has 0 saturated heterocycles. The van der Waals surface area contributed by atoms with E-state index < -0.39 is 0 Å². The fourth-order valence-corrected chi connectivity index (χ4v) is 2.68. The van der Waals surface area contributed by atoms with E-state index in [9.17, 15) is 0 Å². The van der Waals surface area contributed by atoms with Crippen molar-refractivity contribution in [3.63, 3.8) is 0 Å². The molecule has 0 saturated carbocycles. The van der Waals surface area contributed by atoms with Gasteiger partial charge in [0.25, 0.3) is 0 Å². The van der Waals surface area contributed by atoms with Crippen LogP contribution < -0.4 is 5.32 Å². The zero-order valence-corrected chi connectivity index (χ0v) is 11.4. The first-order valence-electron chi connectivity index (χ1n) is 5.80. The van der Waals surface area contributed by atoms with Gasteiger partial charge in [0, 0.05) is 23.3 Å². The number of aromatic nitrogens is 3. The van der Waals surface area contributed by atoms with E-state index in [1.54, 1.807) is 0 Å². The zero-order chi connectivity index (χ0) is 12.7. The smallest absolute Gasteiger partial charge is 0.207 e. The van der Waals surface area contributed by atoms with Crippen molar-refractivity contribution in [2.75, 3.05) is 5.32 Å². The van der Waals surface area contributed by atoms with E-state index in [1.807, 2.05) is 23.0 Å². The van der Waals surface area contributed by atoms with Gasteiger partial charge in [0.05, 0.1) is 5.69 Å². The molecule has 0 bridgehead atoms. The molecular weight excluding hydrogens is 244 g/mol. The van der Waals surface area contributed by atoms with E-state index in [0.717, 1.165) is 22.2 Å². The lowest BCUT2D eigenvalue weighted by molar-refractivity contribution is 1.02. The minimum absolute atomic E-state index is 0.867. The Kier molecular flexibility index (Phi) is 2.56. The molecule has 0 unspecified atom stereocenters. The number of aryl methyl sites for hydroxylation is 2. The van der Waals surface area contributed by atoms with Gasteiger partial charge in [-0.05, 0) is 38.0 Å². The topological polar surface area (TPSA) is 42.2 Å². The summed E-state index contributed by atoms with van der Waals surface area (Å²) >= 11 is 1.51. The number of anilines is 2. The SMILES string of the molecule is Cc1cc2nc(Nc3cccc(C)c3C)sn2n1. The third-order valence-corrected chi connectivity index (χ3v) is 3.83. The molecule has 3 aromatic rings. The molecule has 4 nitrogen and oxygen atoms in total. The first-order chi connectivity index (χ1) is 8.63. The number of hydrogen-bond acceptors (Lipinski definition) is 4. The van der Waals surface area contributed by atoms with Gasteiger partial charge in [-0.2, -0.15) is 14.0 Å². The maximum Gasteiger partial charge on any atom is 0.207 e. The van der Waals surface area contributed by atoms with E-state index in [-0.39, 0.29) is 0 Å². The molecule has 0 aliphatic carbocycles. The lowest BCUT2D eigenvalue weighted by Crippen LogP contribution is -1.93. The highest BCUT2D eigenvalue weighted by molar-refractivity contribution is 7.10. The Bertz CT molecular complexity index is 679. The highest BCUT2D eigenvalue weighted by atomic mass is 32.1. The third kappa shape index (κ3) is 1.86. The zero-order valence-electron chi connectivity index (χ0n) is 10.6. The molecule has 0 atom stereocenters. The van der Waals surface area contributed by atoms with Crippen molar-refractivity contribution in [3.05, 3.63) is 41.1 Å². The summed E-state index contributed by atoms with van der Waals surface area (Å²) in [5.74, 6) is 0. The van der Waals surface area contributed by atoms with E-state index in [0.29, 0.717) is 0 Å². The van der Waals surface area contributed by atoms with Crippen molar-refractivity contribution in [3.8, 4) is 0 Å². The Hall–Kier alpha value is -1.88. The van der Waals surface area contributed by atoms with Gasteiger partial charge in [-0.15, -0.1) is 0 Å². The minimum Gasteiger partial charge on any atom is -0.330 e. The van der Waals surface area contributed by atoms with Gasteiger partial charge in [-0.25, -0.2) is 0 Å². The third-order valence-electron chi connectivity index (χ3n) is 3.02. The van der Waals surface area contributed by atoms with Gasteiger partial charge in [-0.3, -0.25) is 0 Å². The summed E-state index contributed by atoms with van der Waals surface area (Å²) in [6, 6.07) is 8.20. The van der Waals surface area contributed by atoms with Gasteiger partial charge in [0.15, 0.2) is 5.65 Å². The van der Waals surface area contributed by atoms with Gasteiger partial charge >= 0.3 is 0 Å². The molecule has 5 heteroatoms. The Morgan fingerprint density at radius 3 is 2.83 bits per heavy atom. The highest BCUT2D eigenvalue weighted by Crippen LogP contribution is 2.25. The highest BCUT2D eigenvalue weighted by Gasteiger charge is 2.07. The van der Waals surface area contributed by atoms with Crippen LogP contribution in [-0.4, -0.2) is 14.0 Å². The second kappa shape index (κ2) is 4.10. The maximum atomic E-state index is 4.51.